The van der Waals surface area contributed by atoms with Crippen LogP contribution in [0.1, 0.15) is 0 Å². The maximum Gasteiger partial charge on any atom is 0.412 e. The first kappa shape index (κ1) is 67.5. The van der Waals surface area contributed by atoms with E-state index in [1.165, 1.54) is 12.1 Å². The van der Waals surface area contributed by atoms with Gasteiger partial charge in [0.2, 0.25) is 0 Å². The largest absolute Gasteiger partial charge is 0.440 e. The summed E-state index contributed by atoms with van der Waals surface area (Å²) in [6, 6.07) is 7.60. The highest BCUT2D eigenvalue weighted by molar-refractivity contribution is 5.84. The van der Waals surface area contributed by atoms with Crippen molar-refractivity contribution < 1.29 is 178 Å². The van der Waals surface area contributed by atoms with Crippen molar-refractivity contribution in [2.24, 2.45) is 0 Å². The van der Waals surface area contributed by atoms with E-state index in [9.17, 15) is 107 Å². The summed E-state index contributed by atoms with van der Waals surface area (Å²) in [6.07, 6.45) is -73.0. The van der Waals surface area contributed by atoms with Crippen molar-refractivity contribution in [3.63, 3.8) is 0 Å². The van der Waals surface area contributed by atoms with Gasteiger partial charge >= 0.3 is 6.09 Å². The van der Waals surface area contributed by atoms with Crippen molar-refractivity contribution >= 4 is 11.8 Å². The third-order valence-corrected chi connectivity index (χ3v) is 16.0. The Bertz CT molecular complexity index is 2260. The van der Waals surface area contributed by atoms with E-state index in [1.807, 2.05) is 0 Å². The van der Waals surface area contributed by atoms with Crippen molar-refractivity contribution in [1.82, 2.24) is 0 Å². The molecule has 21 fully saturated rings. The Morgan fingerprint density at radius 1 is 0.302 bits per heavy atom. The number of para-hydroxylation sites is 1. The molecule has 0 radical (unpaired) electrons. The zero-order valence-electron chi connectivity index (χ0n) is 45.0. The van der Waals surface area contributed by atoms with E-state index in [-0.39, 0.29) is 5.69 Å². The SMILES string of the molecule is O=C(Nc1ccccc1)O[C@@H]1[C@@H](O)[C@H]2O[C@H]3[C@H](O)[C@@H](O)[C@@H](O[C@H]4[C@H](O)[C@@H](O)C(O[C@H]5[C@H](O)[C@@H](O)[C@@H](O[C@H]6[C@H](O)[C@@H](O)[C@@H](O[C@H]7[C@H](O)[C@@H](O)[C@@H](O[C@H]8[C@H](O)[C@@H](O)[C@@H](O[C@@H]1[C@@H](CO)O2)O[C@@H]8CO)O[C@@H]7CO)O[C@@H]6CO)O[C@@H]5CO)O[C@@H]4CO)O[C@@H]3CO. The second kappa shape index (κ2) is 29.2. The van der Waals surface area contributed by atoms with Crippen LogP contribution in [0, 0.1) is 0 Å². The zero-order chi connectivity index (χ0) is 62.2. The summed E-state index contributed by atoms with van der Waals surface area (Å²) < 4.78 is 86.5. The molecule has 0 spiro atoms. The molecule has 21 aliphatic heterocycles. The molecule has 0 aromatic heterocycles. The molecule has 37 nitrogen and oxygen atoms in total. The van der Waals surface area contributed by atoms with Gasteiger partial charge in [0, 0.05) is 5.69 Å². The summed E-state index contributed by atoms with van der Waals surface area (Å²) in [5.74, 6) is 0. The van der Waals surface area contributed by atoms with Crippen LogP contribution in [0.4, 0.5) is 10.5 Å². The van der Waals surface area contributed by atoms with E-state index in [2.05, 4.69) is 5.32 Å². The summed E-state index contributed by atoms with van der Waals surface area (Å²) in [5, 5.41) is 225. The normalized spacial score (nSPS) is 50.6. The van der Waals surface area contributed by atoms with Crippen molar-refractivity contribution in [3.8, 4) is 0 Å². The van der Waals surface area contributed by atoms with Gasteiger partial charge in [-0.3, -0.25) is 5.32 Å². The molecule has 492 valence electrons. The fourth-order valence-electron chi connectivity index (χ4n) is 11.3. The lowest BCUT2D eigenvalue weighted by molar-refractivity contribution is -0.396. The minimum atomic E-state index is -2.29. The fraction of sp³-hybridized carbons (Fsp3) is 0.857. The van der Waals surface area contributed by atoms with Gasteiger partial charge in [0.25, 0.3) is 0 Å². The number of aliphatic hydroxyl groups is 20. The minimum Gasteiger partial charge on any atom is -0.440 e. The monoisotopic (exact) mass is 1250 g/mol. The highest BCUT2D eigenvalue weighted by Crippen LogP contribution is 2.39. The summed E-state index contributed by atoms with van der Waals surface area (Å²) in [5.41, 5.74) is 0.160. The molecule has 21 heterocycles. The summed E-state index contributed by atoms with van der Waals surface area (Å²) >= 11 is 0. The van der Waals surface area contributed by atoms with Crippen LogP contribution in [0.5, 0.6) is 0 Å². The van der Waals surface area contributed by atoms with Crippen LogP contribution in [-0.2, 0) is 71.1 Å². The number of amides is 1. The lowest BCUT2D eigenvalue weighted by atomic mass is 9.95. The quantitative estimate of drug-likeness (QED) is 0.109. The van der Waals surface area contributed by atoms with Gasteiger partial charge in [-0.15, -0.1) is 0 Å². The van der Waals surface area contributed by atoms with E-state index in [1.54, 1.807) is 18.2 Å². The second-order valence-corrected chi connectivity index (χ2v) is 21.5. The molecule has 35 atom stereocenters. The molecule has 0 saturated carbocycles. The molecule has 14 bridgehead atoms. The molecule has 21 saturated heterocycles. The van der Waals surface area contributed by atoms with Crippen LogP contribution in [0.25, 0.3) is 0 Å². The van der Waals surface area contributed by atoms with E-state index in [4.69, 9.17) is 71.1 Å². The smallest absolute Gasteiger partial charge is 0.412 e. The highest BCUT2D eigenvalue weighted by atomic mass is 16.8. The fourth-order valence-corrected chi connectivity index (χ4v) is 11.3. The summed E-state index contributed by atoms with van der Waals surface area (Å²) in [6.45, 7) is -7.56. The highest BCUT2D eigenvalue weighted by Gasteiger charge is 2.60. The molecule has 37 heteroatoms. The Hall–Kier alpha value is -2.87. The molecule has 1 unspecified atom stereocenters. The van der Waals surface area contributed by atoms with E-state index in [0.717, 1.165) is 0 Å². The van der Waals surface area contributed by atoms with Crippen LogP contribution < -0.4 is 5.32 Å². The van der Waals surface area contributed by atoms with Crippen LogP contribution in [0.3, 0.4) is 0 Å². The molecule has 1 aromatic carbocycles. The maximum absolute atomic E-state index is 13.6. The molecular weight excluding hydrogens is 1180 g/mol. The van der Waals surface area contributed by atoms with Gasteiger partial charge in [-0.2, -0.15) is 0 Å². The molecule has 1 aromatic rings. The molecule has 86 heavy (non-hydrogen) atoms. The third kappa shape index (κ3) is 13.7. The Morgan fingerprint density at radius 3 is 0.744 bits per heavy atom. The van der Waals surface area contributed by atoms with Gasteiger partial charge in [-0.1, -0.05) is 18.2 Å². The Balaban J connectivity index is 1.03. The second-order valence-electron chi connectivity index (χ2n) is 21.5. The Kier molecular flexibility index (Phi) is 22.9. The number of carbonyl (C=O) groups is 1. The van der Waals surface area contributed by atoms with Crippen molar-refractivity contribution in [1.29, 1.82) is 0 Å². The average molecular weight is 1250 g/mol. The number of rotatable bonds is 9. The average Bonchev–Trinajstić information content (AvgIpc) is 1.14. The van der Waals surface area contributed by atoms with Gasteiger partial charge in [0.15, 0.2) is 50.1 Å². The Labute approximate surface area is 485 Å². The summed E-state index contributed by atoms with van der Waals surface area (Å²) in [7, 11) is 0. The predicted octanol–water partition coefficient (Wildman–Crippen LogP) is -13.0. The minimum absolute atomic E-state index is 0.160. The number of ether oxygens (including phenoxy) is 15. The Morgan fingerprint density at radius 2 is 0.512 bits per heavy atom. The van der Waals surface area contributed by atoms with Crippen molar-refractivity contribution in [3.05, 3.63) is 30.3 Å². The number of aliphatic hydroxyl groups excluding tert-OH is 20. The van der Waals surface area contributed by atoms with E-state index < -0.39 is 267 Å². The van der Waals surface area contributed by atoms with Crippen molar-refractivity contribution in [2.45, 2.75) is 215 Å². The molecular formula is C49H75NO36. The lowest BCUT2D eigenvalue weighted by Gasteiger charge is -2.50. The number of nitrogens with one attached hydrogen (secondary N) is 1. The van der Waals surface area contributed by atoms with Gasteiger partial charge in [0.05, 0.1) is 46.2 Å². The van der Waals surface area contributed by atoms with Gasteiger partial charge in [0.1, 0.15) is 165 Å². The molecule has 22 rings (SSSR count). The maximum atomic E-state index is 13.6. The number of carbonyl (C=O) groups excluding carboxylic acids is 1. The van der Waals surface area contributed by atoms with Gasteiger partial charge in [-0.25, -0.2) is 4.79 Å². The zero-order valence-corrected chi connectivity index (χ0v) is 45.0. The molecule has 1 amide bonds. The molecule has 21 N–H and O–H groups in total. The van der Waals surface area contributed by atoms with Gasteiger partial charge < -0.3 is 173 Å². The first-order valence-corrected chi connectivity index (χ1v) is 27.4. The van der Waals surface area contributed by atoms with Crippen LogP contribution in [0.2, 0.25) is 0 Å². The first-order chi connectivity index (χ1) is 41.1. The van der Waals surface area contributed by atoms with E-state index in [0.29, 0.717) is 0 Å². The number of hydrogen-bond acceptors (Lipinski definition) is 36. The third-order valence-electron chi connectivity index (χ3n) is 16.0. The van der Waals surface area contributed by atoms with E-state index >= 15 is 0 Å². The van der Waals surface area contributed by atoms with Crippen LogP contribution in [-0.4, -0.2) is 369 Å². The molecule has 21 aliphatic rings. The predicted molar refractivity (Wildman–Crippen MR) is 263 cm³/mol. The standard InChI is InChI=1S/C49H75NO36/c51-6-14-34-22(59)28(65)43(73-14)81-36-16(8-53)75-45(30(67)24(36)61)83-38-18(10-55)77-47(32(69)26(38)63)85-40-20(12-57)78-48(33(70)41(40)86-49(71)50-13-4-2-1-3-5-13)84-39-19(11-56)76-46(31(68)25(39)62)82-37-17(9-54)74-44(29(66)23(37)60)80-35-15(7-52)72-42(79-34)27(64)21(35)58/h1-5,14-48,51-70H,6-12H2,(H,50,71)/t14-,15-,16-,17-,18-,19-,20-,21-,22-,23-,24-,25-,26-,27-,28-,29-,30-,31-,32-,33-,34-,35-,36-,37-,38-,39-,40-,41-,42-,43-,44?,45-,46-,47-,48-/m1/s1. The van der Waals surface area contributed by atoms with Crippen LogP contribution in [0.15, 0.2) is 30.3 Å². The lowest BCUT2D eigenvalue weighted by Crippen LogP contribution is -2.68. The van der Waals surface area contributed by atoms with Crippen molar-refractivity contribution in [2.75, 3.05) is 51.6 Å². The topological polar surface area (TPSA) is 572 Å². The summed E-state index contributed by atoms with van der Waals surface area (Å²) in [4.78, 5) is 13.6. The number of anilines is 1. The van der Waals surface area contributed by atoms with Crippen LogP contribution >= 0.6 is 0 Å². The number of hydrogen-bond donors (Lipinski definition) is 21. The molecule has 0 aliphatic carbocycles. The first-order valence-electron chi connectivity index (χ1n) is 27.4. The van der Waals surface area contributed by atoms with Gasteiger partial charge in [-0.05, 0) is 12.1 Å². The number of benzene rings is 1.